The van der Waals surface area contributed by atoms with Gasteiger partial charge in [0.15, 0.2) is 0 Å². The molecule has 1 aliphatic rings. The minimum atomic E-state index is -0.464. The van der Waals surface area contributed by atoms with Crippen LogP contribution in [0.3, 0.4) is 0 Å². The fourth-order valence-corrected chi connectivity index (χ4v) is 2.81. The van der Waals surface area contributed by atoms with Crippen LogP contribution in [0.25, 0.3) is 11.1 Å². The summed E-state index contributed by atoms with van der Waals surface area (Å²) < 4.78 is 5.11. The van der Waals surface area contributed by atoms with Gasteiger partial charge in [-0.05, 0) is 49.8 Å². The van der Waals surface area contributed by atoms with Crippen molar-refractivity contribution < 1.29 is 14.3 Å². The molecule has 1 aromatic heterocycles. The minimum Gasteiger partial charge on any atom is -0.447 e. The van der Waals surface area contributed by atoms with Crippen LogP contribution in [-0.4, -0.2) is 29.6 Å². The molecule has 0 unspecified atom stereocenters. The number of amides is 2. The van der Waals surface area contributed by atoms with E-state index in [9.17, 15) is 9.59 Å². The maximum absolute atomic E-state index is 12.6. The Balaban J connectivity index is 1.79. The van der Waals surface area contributed by atoms with Gasteiger partial charge in [0.05, 0.1) is 6.10 Å². The minimum absolute atomic E-state index is 0.167. The van der Waals surface area contributed by atoms with Crippen LogP contribution in [-0.2, 0) is 11.3 Å². The lowest BCUT2D eigenvalue weighted by molar-refractivity contribution is 0.0947. The van der Waals surface area contributed by atoms with E-state index in [-0.39, 0.29) is 12.0 Å². The van der Waals surface area contributed by atoms with Gasteiger partial charge in [-0.1, -0.05) is 30.3 Å². The highest BCUT2D eigenvalue weighted by molar-refractivity contribution is 5.99. The molecular weight excluding hydrogens is 342 g/mol. The maximum Gasteiger partial charge on any atom is 0.407 e. The summed E-state index contributed by atoms with van der Waals surface area (Å²) in [6, 6.07) is 11.3. The first-order chi connectivity index (χ1) is 13.0. The number of ether oxygens (including phenoxy) is 1. The van der Waals surface area contributed by atoms with Crippen molar-refractivity contribution in [2.75, 3.05) is 6.54 Å². The molecule has 2 aromatic rings. The molecule has 0 aliphatic heterocycles. The quantitative estimate of drug-likeness (QED) is 0.785. The van der Waals surface area contributed by atoms with Gasteiger partial charge in [0.1, 0.15) is 5.69 Å². The molecule has 0 radical (unpaired) electrons. The Labute approximate surface area is 159 Å². The molecule has 142 valence electrons. The summed E-state index contributed by atoms with van der Waals surface area (Å²) in [5.41, 5.74) is 2.91. The Morgan fingerprint density at radius 3 is 2.59 bits per heavy atom. The lowest BCUT2D eigenvalue weighted by Crippen LogP contribution is -2.27. The van der Waals surface area contributed by atoms with Gasteiger partial charge >= 0.3 is 6.09 Å². The number of benzene rings is 1. The van der Waals surface area contributed by atoms with Crippen molar-refractivity contribution in [1.29, 1.82) is 0 Å². The van der Waals surface area contributed by atoms with Crippen LogP contribution in [0.4, 0.5) is 4.79 Å². The zero-order chi connectivity index (χ0) is 19.2. The molecule has 0 atom stereocenters. The standard InChI is InChI=1S/C21H25N3O3/c1-14(2)27-21(26)24-13-16-6-3-4-7-17(16)18-8-5-11-22-19(18)20(25)23-12-15-9-10-15/h3-8,11,14-15H,9-10,12-13H2,1-2H3,(H,23,25)(H,24,26). The van der Waals surface area contributed by atoms with E-state index >= 15 is 0 Å². The van der Waals surface area contributed by atoms with Gasteiger partial charge in [0.25, 0.3) is 5.91 Å². The number of carbonyl (C=O) groups is 2. The molecular formula is C21H25N3O3. The Morgan fingerprint density at radius 2 is 1.85 bits per heavy atom. The van der Waals surface area contributed by atoms with E-state index in [4.69, 9.17) is 4.74 Å². The molecule has 1 fully saturated rings. The Hall–Kier alpha value is -2.89. The molecule has 0 spiro atoms. The molecule has 1 saturated carbocycles. The van der Waals surface area contributed by atoms with E-state index < -0.39 is 6.09 Å². The Kier molecular flexibility index (Phi) is 6.06. The number of nitrogens with zero attached hydrogens (tertiary/aromatic N) is 1. The van der Waals surface area contributed by atoms with Gasteiger partial charge in [-0.3, -0.25) is 9.78 Å². The number of hydrogen-bond donors (Lipinski definition) is 2. The van der Waals surface area contributed by atoms with Gasteiger partial charge in [-0.2, -0.15) is 0 Å². The molecule has 2 amide bonds. The zero-order valence-electron chi connectivity index (χ0n) is 15.7. The number of aromatic nitrogens is 1. The normalized spacial score (nSPS) is 13.3. The number of carbonyl (C=O) groups excluding carboxylic acids is 2. The van der Waals surface area contributed by atoms with E-state index in [1.165, 1.54) is 12.8 Å². The first-order valence-corrected chi connectivity index (χ1v) is 9.30. The van der Waals surface area contributed by atoms with Crippen molar-refractivity contribution >= 4 is 12.0 Å². The number of rotatable bonds is 7. The summed E-state index contributed by atoms with van der Waals surface area (Å²) in [7, 11) is 0. The van der Waals surface area contributed by atoms with Crippen molar-refractivity contribution in [3.05, 3.63) is 53.9 Å². The molecule has 1 heterocycles. The molecule has 3 rings (SSSR count). The Bertz CT molecular complexity index is 816. The predicted octanol–water partition coefficient (Wildman–Crippen LogP) is 3.52. The number of hydrogen-bond acceptors (Lipinski definition) is 4. The number of nitrogens with one attached hydrogen (secondary N) is 2. The van der Waals surface area contributed by atoms with E-state index in [1.807, 2.05) is 36.4 Å². The summed E-state index contributed by atoms with van der Waals surface area (Å²) in [5.74, 6) is 0.434. The fourth-order valence-electron chi connectivity index (χ4n) is 2.81. The van der Waals surface area contributed by atoms with Gasteiger partial charge < -0.3 is 15.4 Å². The van der Waals surface area contributed by atoms with Crippen molar-refractivity contribution in [2.45, 2.75) is 39.3 Å². The summed E-state index contributed by atoms with van der Waals surface area (Å²) >= 11 is 0. The van der Waals surface area contributed by atoms with Crippen molar-refractivity contribution in [3.8, 4) is 11.1 Å². The van der Waals surface area contributed by atoms with Gasteiger partial charge in [-0.25, -0.2) is 4.79 Å². The lowest BCUT2D eigenvalue weighted by Gasteiger charge is -2.14. The van der Waals surface area contributed by atoms with Crippen LogP contribution in [0.5, 0.6) is 0 Å². The summed E-state index contributed by atoms with van der Waals surface area (Å²) in [6.07, 6.45) is 3.33. The third-order valence-corrected chi connectivity index (χ3v) is 4.34. The second-order valence-electron chi connectivity index (χ2n) is 7.02. The molecule has 2 N–H and O–H groups in total. The highest BCUT2D eigenvalue weighted by Gasteiger charge is 2.23. The molecule has 1 aliphatic carbocycles. The second kappa shape index (κ2) is 8.66. The predicted molar refractivity (Wildman–Crippen MR) is 103 cm³/mol. The lowest BCUT2D eigenvalue weighted by atomic mass is 9.98. The molecule has 0 saturated heterocycles. The summed E-state index contributed by atoms with van der Waals surface area (Å²) in [4.78, 5) is 28.7. The third-order valence-electron chi connectivity index (χ3n) is 4.34. The number of pyridine rings is 1. The smallest absolute Gasteiger partial charge is 0.407 e. The van der Waals surface area contributed by atoms with Gasteiger partial charge in [-0.15, -0.1) is 0 Å². The van der Waals surface area contributed by atoms with E-state index in [0.29, 0.717) is 24.7 Å². The largest absolute Gasteiger partial charge is 0.447 e. The maximum atomic E-state index is 12.6. The average Bonchev–Trinajstić information content (AvgIpc) is 3.49. The van der Waals surface area contributed by atoms with E-state index in [1.54, 1.807) is 20.0 Å². The molecule has 6 heteroatoms. The fraction of sp³-hybridized carbons (Fsp3) is 0.381. The zero-order valence-corrected chi connectivity index (χ0v) is 15.7. The van der Waals surface area contributed by atoms with Crippen LogP contribution in [0.1, 0.15) is 42.7 Å². The van der Waals surface area contributed by atoms with Gasteiger partial charge in [0.2, 0.25) is 0 Å². The first kappa shape index (κ1) is 18.9. The van der Waals surface area contributed by atoms with Crippen molar-refractivity contribution in [3.63, 3.8) is 0 Å². The highest BCUT2D eigenvalue weighted by atomic mass is 16.6. The third kappa shape index (κ3) is 5.29. The molecule has 0 bridgehead atoms. The van der Waals surface area contributed by atoms with E-state index in [0.717, 1.165) is 16.7 Å². The summed E-state index contributed by atoms with van der Waals surface area (Å²) in [5, 5.41) is 5.73. The van der Waals surface area contributed by atoms with Crippen LogP contribution < -0.4 is 10.6 Å². The van der Waals surface area contributed by atoms with Gasteiger partial charge in [0, 0.05) is 24.8 Å². The molecule has 6 nitrogen and oxygen atoms in total. The van der Waals surface area contributed by atoms with Crippen molar-refractivity contribution in [1.82, 2.24) is 15.6 Å². The number of alkyl carbamates (subject to hydrolysis) is 1. The van der Waals surface area contributed by atoms with Crippen molar-refractivity contribution in [2.24, 2.45) is 5.92 Å². The SMILES string of the molecule is CC(C)OC(=O)NCc1ccccc1-c1cccnc1C(=O)NCC1CC1. The molecule has 1 aromatic carbocycles. The highest BCUT2D eigenvalue weighted by Crippen LogP contribution is 2.29. The van der Waals surface area contributed by atoms with Crippen LogP contribution >= 0.6 is 0 Å². The topological polar surface area (TPSA) is 80.3 Å². The van der Waals surface area contributed by atoms with Crippen LogP contribution in [0.2, 0.25) is 0 Å². The summed E-state index contributed by atoms with van der Waals surface area (Å²) in [6.45, 7) is 4.60. The molecule has 27 heavy (non-hydrogen) atoms. The second-order valence-corrected chi connectivity index (χ2v) is 7.02. The average molecular weight is 367 g/mol. The van der Waals surface area contributed by atoms with Crippen LogP contribution in [0, 0.1) is 5.92 Å². The van der Waals surface area contributed by atoms with Crippen LogP contribution in [0.15, 0.2) is 42.6 Å². The van der Waals surface area contributed by atoms with E-state index in [2.05, 4.69) is 15.6 Å². The Morgan fingerprint density at radius 1 is 1.11 bits per heavy atom. The monoisotopic (exact) mass is 367 g/mol. The first-order valence-electron chi connectivity index (χ1n) is 9.30.